The molecule has 3 rings (SSSR count). The standard InChI is InChI=1S/C17H14FNO4/c1-10-6-11(2-4-13(10)18)15(20)8-22-12-3-5-16-14(7-12)19-17(21)9-23-16/h2-7H,8-9H2,1H3,(H,19,21). The lowest BCUT2D eigenvalue weighted by Crippen LogP contribution is -2.25. The molecule has 23 heavy (non-hydrogen) atoms. The van der Waals surface area contributed by atoms with Gasteiger partial charge in [-0.25, -0.2) is 4.39 Å². The van der Waals surface area contributed by atoms with Crippen LogP contribution in [0.1, 0.15) is 15.9 Å². The number of rotatable bonds is 4. The van der Waals surface area contributed by atoms with Crippen LogP contribution < -0.4 is 14.8 Å². The van der Waals surface area contributed by atoms with Crippen LogP contribution in [0.2, 0.25) is 0 Å². The van der Waals surface area contributed by atoms with Crippen molar-refractivity contribution in [2.24, 2.45) is 0 Å². The minimum Gasteiger partial charge on any atom is -0.485 e. The minimum absolute atomic E-state index is 0.0182. The van der Waals surface area contributed by atoms with Gasteiger partial charge in [-0.2, -0.15) is 0 Å². The normalized spacial score (nSPS) is 12.9. The van der Waals surface area contributed by atoms with E-state index in [1.807, 2.05) is 0 Å². The molecule has 5 nitrogen and oxygen atoms in total. The van der Waals surface area contributed by atoms with Gasteiger partial charge in [0.05, 0.1) is 5.69 Å². The Morgan fingerprint density at radius 1 is 1.30 bits per heavy atom. The summed E-state index contributed by atoms with van der Waals surface area (Å²) < 4.78 is 23.9. The maximum absolute atomic E-state index is 13.2. The van der Waals surface area contributed by atoms with Crippen LogP contribution in [-0.2, 0) is 4.79 Å². The van der Waals surface area contributed by atoms with Gasteiger partial charge in [0.15, 0.2) is 19.0 Å². The number of amides is 1. The summed E-state index contributed by atoms with van der Waals surface area (Å²) in [5.41, 5.74) is 1.30. The number of fused-ring (bicyclic) bond motifs is 1. The van der Waals surface area contributed by atoms with Crippen molar-refractivity contribution in [1.29, 1.82) is 0 Å². The fourth-order valence-electron chi connectivity index (χ4n) is 2.20. The molecular formula is C17H14FNO4. The lowest BCUT2D eigenvalue weighted by Gasteiger charge is -2.18. The maximum Gasteiger partial charge on any atom is 0.262 e. The molecule has 0 aromatic heterocycles. The molecule has 1 heterocycles. The third-order valence-electron chi connectivity index (χ3n) is 3.43. The second-order valence-electron chi connectivity index (χ2n) is 5.17. The number of Topliss-reactive ketones (excluding diaryl/α,β-unsaturated/α-hetero) is 1. The van der Waals surface area contributed by atoms with Crippen molar-refractivity contribution in [3.05, 3.63) is 53.3 Å². The number of carbonyl (C=O) groups is 2. The zero-order valence-electron chi connectivity index (χ0n) is 12.4. The number of carbonyl (C=O) groups excluding carboxylic acids is 2. The minimum atomic E-state index is -0.354. The Hall–Kier alpha value is -2.89. The molecular weight excluding hydrogens is 301 g/mol. The van der Waals surface area contributed by atoms with Crippen LogP contribution in [0.25, 0.3) is 0 Å². The summed E-state index contributed by atoms with van der Waals surface area (Å²) in [7, 11) is 0. The van der Waals surface area contributed by atoms with Gasteiger partial charge in [-0.15, -0.1) is 0 Å². The Morgan fingerprint density at radius 2 is 2.13 bits per heavy atom. The first-order valence-electron chi connectivity index (χ1n) is 7.02. The van der Waals surface area contributed by atoms with Crippen molar-refractivity contribution in [3.63, 3.8) is 0 Å². The fourth-order valence-corrected chi connectivity index (χ4v) is 2.20. The first-order valence-corrected chi connectivity index (χ1v) is 7.02. The smallest absolute Gasteiger partial charge is 0.262 e. The number of ether oxygens (including phenoxy) is 2. The maximum atomic E-state index is 13.2. The van der Waals surface area contributed by atoms with E-state index in [4.69, 9.17) is 9.47 Å². The molecule has 0 spiro atoms. The fraction of sp³-hybridized carbons (Fsp3) is 0.176. The summed E-state index contributed by atoms with van der Waals surface area (Å²) in [6.07, 6.45) is 0. The molecule has 0 saturated carbocycles. The lowest BCUT2D eigenvalue weighted by atomic mass is 10.1. The van der Waals surface area contributed by atoms with E-state index in [0.717, 1.165) is 0 Å². The van der Waals surface area contributed by atoms with Gasteiger partial charge in [0, 0.05) is 11.6 Å². The first kappa shape index (κ1) is 15.0. The van der Waals surface area contributed by atoms with Crippen LogP contribution in [0.5, 0.6) is 11.5 Å². The highest BCUT2D eigenvalue weighted by molar-refractivity contribution is 5.97. The van der Waals surface area contributed by atoms with Crippen molar-refractivity contribution in [1.82, 2.24) is 0 Å². The number of hydrogen-bond acceptors (Lipinski definition) is 4. The van der Waals surface area contributed by atoms with E-state index in [0.29, 0.717) is 28.3 Å². The third-order valence-corrected chi connectivity index (χ3v) is 3.43. The van der Waals surface area contributed by atoms with Crippen LogP contribution >= 0.6 is 0 Å². The summed E-state index contributed by atoms with van der Waals surface area (Å²) >= 11 is 0. The summed E-state index contributed by atoms with van der Waals surface area (Å²) in [6.45, 7) is 1.40. The number of hydrogen-bond donors (Lipinski definition) is 1. The summed E-state index contributed by atoms with van der Waals surface area (Å²) in [4.78, 5) is 23.4. The summed E-state index contributed by atoms with van der Waals surface area (Å²) in [5.74, 6) is 0.130. The van der Waals surface area contributed by atoms with E-state index in [-0.39, 0.29) is 30.7 Å². The Labute approximate surface area is 132 Å². The highest BCUT2D eigenvalue weighted by Crippen LogP contribution is 2.31. The van der Waals surface area contributed by atoms with Gasteiger partial charge in [0.2, 0.25) is 0 Å². The molecule has 0 unspecified atom stereocenters. The van der Waals surface area contributed by atoms with Crippen molar-refractivity contribution in [3.8, 4) is 11.5 Å². The van der Waals surface area contributed by atoms with Crippen molar-refractivity contribution in [2.45, 2.75) is 6.92 Å². The van der Waals surface area contributed by atoms with Crippen molar-refractivity contribution in [2.75, 3.05) is 18.5 Å². The average molecular weight is 315 g/mol. The molecule has 1 N–H and O–H groups in total. The molecule has 118 valence electrons. The number of ketones is 1. The number of anilines is 1. The van der Waals surface area contributed by atoms with E-state index in [1.54, 1.807) is 25.1 Å². The van der Waals surface area contributed by atoms with Gasteiger partial charge < -0.3 is 14.8 Å². The van der Waals surface area contributed by atoms with Crippen LogP contribution in [-0.4, -0.2) is 24.9 Å². The van der Waals surface area contributed by atoms with Gasteiger partial charge in [-0.1, -0.05) is 0 Å². The average Bonchev–Trinajstić information content (AvgIpc) is 2.54. The summed E-state index contributed by atoms with van der Waals surface area (Å²) in [6, 6.07) is 9.08. The predicted molar refractivity (Wildman–Crippen MR) is 81.5 cm³/mol. The highest BCUT2D eigenvalue weighted by atomic mass is 19.1. The van der Waals surface area contributed by atoms with Gasteiger partial charge >= 0.3 is 0 Å². The zero-order chi connectivity index (χ0) is 16.4. The molecule has 0 radical (unpaired) electrons. The first-order chi connectivity index (χ1) is 11.0. The highest BCUT2D eigenvalue weighted by Gasteiger charge is 2.16. The van der Waals surface area contributed by atoms with Gasteiger partial charge in [0.25, 0.3) is 5.91 Å². The number of aryl methyl sites for hydroxylation is 1. The van der Waals surface area contributed by atoms with Gasteiger partial charge in [0.1, 0.15) is 17.3 Å². The lowest BCUT2D eigenvalue weighted by molar-refractivity contribution is -0.118. The van der Waals surface area contributed by atoms with Gasteiger partial charge in [-0.3, -0.25) is 9.59 Å². The quantitative estimate of drug-likeness (QED) is 0.881. The van der Waals surface area contributed by atoms with E-state index in [9.17, 15) is 14.0 Å². The molecule has 0 fully saturated rings. The van der Waals surface area contributed by atoms with E-state index < -0.39 is 0 Å². The molecule has 0 bridgehead atoms. The largest absolute Gasteiger partial charge is 0.485 e. The molecule has 1 amide bonds. The molecule has 1 aliphatic rings. The van der Waals surface area contributed by atoms with Gasteiger partial charge in [-0.05, 0) is 42.8 Å². The van der Waals surface area contributed by atoms with E-state index in [1.165, 1.54) is 18.2 Å². The number of nitrogens with one attached hydrogen (secondary N) is 1. The summed E-state index contributed by atoms with van der Waals surface area (Å²) in [5, 5.41) is 2.66. The predicted octanol–water partition coefficient (Wildman–Crippen LogP) is 2.73. The van der Waals surface area contributed by atoms with E-state index in [2.05, 4.69) is 5.32 Å². The molecule has 0 saturated heterocycles. The molecule has 2 aromatic rings. The van der Waals surface area contributed by atoms with Crippen LogP contribution in [0, 0.1) is 12.7 Å². The molecule has 2 aromatic carbocycles. The number of halogens is 1. The Morgan fingerprint density at radius 3 is 2.91 bits per heavy atom. The Bertz CT molecular complexity index is 788. The van der Waals surface area contributed by atoms with E-state index >= 15 is 0 Å². The Kier molecular flexibility index (Phi) is 3.97. The van der Waals surface area contributed by atoms with Crippen LogP contribution in [0.4, 0.5) is 10.1 Å². The second kappa shape index (κ2) is 6.08. The Balaban J connectivity index is 1.68. The van der Waals surface area contributed by atoms with Crippen LogP contribution in [0.15, 0.2) is 36.4 Å². The number of benzene rings is 2. The monoisotopic (exact) mass is 315 g/mol. The molecule has 6 heteroatoms. The van der Waals surface area contributed by atoms with Crippen LogP contribution in [0.3, 0.4) is 0 Å². The zero-order valence-corrected chi connectivity index (χ0v) is 12.4. The second-order valence-corrected chi connectivity index (χ2v) is 5.17. The molecule has 1 aliphatic heterocycles. The van der Waals surface area contributed by atoms with Crippen molar-refractivity contribution >= 4 is 17.4 Å². The third kappa shape index (κ3) is 3.31. The molecule has 0 aliphatic carbocycles. The molecule has 0 atom stereocenters. The topological polar surface area (TPSA) is 64.6 Å². The SMILES string of the molecule is Cc1cc(C(=O)COc2ccc3c(c2)NC(=O)CO3)ccc1F. The van der Waals surface area contributed by atoms with Crippen molar-refractivity contribution < 1.29 is 23.5 Å².